The van der Waals surface area contributed by atoms with Crippen molar-refractivity contribution >= 4 is 6.16 Å². The Bertz CT molecular complexity index is 623. The molecule has 2 fully saturated rings. The van der Waals surface area contributed by atoms with E-state index in [2.05, 4.69) is 31.2 Å². The Balaban J connectivity index is 1.21. The van der Waals surface area contributed by atoms with Gasteiger partial charge in [-0.15, -0.1) is 0 Å². The smallest absolute Gasteiger partial charge is 0.491 e. The molecule has 6 nitrogen and oxygen atoms in total. The number of benzene rings is 1. The molecule has 3 rings (SSSR count). The molecule has 174 valence electrons. The average Bonchev–Trinajstić information content (AvgIpc) is 3.22. The van der Waals surface area contributed by atoms with Gasteiger partial charge in [-0.1, -0.05) is 44.7 Å². The highest BCUT2D eigenvalue weighted by Gasteiger charge is 2.25. The minimum atomic E-state index is -0.625. The van der Waals surface area contributed by atoms with Crippen LogP contribution in [0.2, 0.25) is 0 Å². The van der Waals surface area contributed by atoms with Crippen molar-refractivity contribution in [3.05, 3.63) is 29.8 Å². The lowest BCUT2D eigenvalue weighted by Crippen LogP contribution is -2.20. The first-order chi connectivity index (χ1) is 15.2. The maximum atomic E-state index is 10.8. The quantitative estimate of drug-likeness (QED) is 0.285. The van der Waals surface area contributed by atoms with Crippen molar-refractivity contribution in [2.45, 2.75) is 70.3 Å². The van der Waals surface area contributed by atoms with Crippen LogP contribution in [0.25, 0.3) is 0 Å². The first-order valence-corrected chi connectivity index (χ1v) is 12.0. The van der Waals surface area contributed by atoms with Crippen molar-refractivity contribution in [3.63, 3.8) is 0 Å². The SMILES string of the molecule is CCCCCC1CCC(c2ccc(OCCOCCOCC3COC(=O)O3)cc2)CC1. The predicted molar refractivity (Wildman–Crippen MR) is 119 cm³/mol. The highest BCUT2D eigenvalue weighted by molar-refractivity contribution is 5.61. The van der Waals surface area contributed by atoms with Gasteiger partial charge in [-0.3, -0.25) is 0 Å². The van der Waals surface area contributed by atoms with E-state index in [-0.39, 0.29) is 12.7 Å². The summed E-state index contributed by atoms with van der Waals surface area (Å²) in [6.45, 7) is 4.81. The largest absolute Gasteiger partial charge is 0.508 e. The second-order valence-corrected chi connectivity index (χ2v) is 8.62. The summed E-state index contributed by atoms with van der Waals surface area (Å²) in [5.41, 5.74) is 1.45. The number of rotatable bonds is 14. The Morgan fingerprint density at radius 3 is 2.39 bits per heavy atom. The van der Waals surface area contributed by atoms with Gasteiger partial charge in [0.15, 0.2) is 6.10 Å². The zero-order valence-electron chi connectivity index (χ0n) is 18.9. The van der Waals surface area contributed by atoms with Crippen LogP contribution in [0.5, 0.6) is 5.75 Å². The number of cyclic esters (lactones) is 2. The van der Waals surface area contributed by atoms with Gasteiger partial charge in [0.25, 0.3) is 0 Å². The van der Waals surface area contributed by atoms with Gasteiger partial charge in [0.05, 0.1) is 26.4 Å². The van der Waals surface area contributed by atoms with Crippen molar-refractivity contribution in [1.82, 2.24) is 0 Å². The molecule has 31 heavy (non-hydrogen) atoms. The maximum Gasteiger partial charge on any atom is 0.508 e. The number of unbranched alkanes of at least 4 members (excludes halogenated alkanes) is 2. The molecule has 1 saturated heterocycles. The number of hydrogen-bond acceptors (Lipinski definition) is 6. The molecule has 6 heteroatoms. The molecule has 2 aliphatic rings. The molecule has 1 saturated carbocycles. The summed E-state index contributed by atoms with van der Waals surface area (Å²) < 4.78 is 26.3. The van der Waals surface area contributed by atoms with E-state index < -0.39 is 6.16 Å². The lowest BCUT2D eigenvalue weighted by Gasteiger charge is -2.29. The molecular formula is C25H38O6. The summed E-state index contributed by atoms with van der Waals surface area (Å²) in [6, 6.07) is 8.62. The molecule has 0 radical (unpaired) electrons. The molecular weight excluding hydrogens is 396 g/mol. The molecule has 1 atom stereocenters. The van der Waals surface area contributed by atoms with Gasteiger partial charge < -0.3 is 23.7 Å². The third-order valence-electron chi connectivity index (χ3n) is 6.24. The molecule has 0 aromatic heterocycles. The number of carbonyl (C=O) groups is 1. The first kappa shape index (κ1) is 23.9. The number of carbonyl (C=O) groups excluding carboxylic acids is 1. The molecule has 1 heterocycles. The molecule has 1 aliphatic heterocycles. The van der Waals surface area contributed by atoms with E-state index in [4.69, 9.17) is 23.7 Å². The van der Waals surface area contributed by atoms with Gasteiger partial charge in [-0.05, 0) is 55.2 Å². The molecule has 0 bridgehead atoms. The lowest BCUT2D eigenvalue weighted by molar-refractivity contribution is 0.00595. The van der Waals surface area contributed by atoms with Crippen LogP contribution < -0.4 is 4.74 Å². The topological polar surface area (TPSA) is 63.2 Å². The summed E-state index contributed by atoms with van der Waals surface area (Å²) in [6.07, 6.45) is 10.0. The highest BCUT2D eigenvalue weighted by Crippen LogP contribution is 2.38. The summed E-state index contributed by atoms with van der Waals surface area (Å²) in [5.74, 6) is 2.55. The van der Waals surface area contributed by atoms with Crippen molar-refractivity contribution in [1.29, 1.82) is 0 Å². The Morgan fingerprint density at radius 2 is 1.68 bits per heavy atom. The molecule has 1 aromatic rings. The van der Waals surface area contributed by atoms with Gasteiger partial charge >= 0.3 is 6.16 Å². The number of ether oxygens (including phenoxy) is 5. The average molecular weight is 435 g/mol. The van der Waals surface area contributed by atoms with E-state index >= 15 is 0 Å². The monoisotopic (exact) mass is 434 g/mol. The molecule has 0 spiro atoms. The Morgan fingerprint density at radius 1 is 0.935 bits per heavy atom. The van der Waals surface area contributed by atoms with Crippen LogP contribution >= 0.6 is 0 Å². The zero-order valence-corrected chi connectivity index (χ0v) is 18.9. The molecule has 0 amide bonds. The fraction of sp³-hybridized carbons (Fsp3) is 0.720. The summed E-state index contributed by atoms with van der Waals surface area (Å²) in [5, 5.41) is 0. The van der Waals surface area contributed by atoms with E-state index in [0.29, 0.717) is 39.0 Å². The second-order valence-electron chi connectivity index (χ2n) is 8.62. The zero-order chi connectivity index (χ0) is 21.7. The van der Waals surface area contributed by atoms with Gasteiger partial charge in [-0.2, -0.15) is 0 Å². The normalized spacial score (nSPS) is 23.4. The van der Waals surface area contributed by atoms with Crippen LogP contribution in [0.1, 0.15) is 69.8 Å². The Kier molecular flexibility index (Phi) is 10.5. The third-order valence-corrected chi connectivity index (χ3v) is 6.24. The summed E-state index contributed by atoms with van der Waals surface area (Å²) in [4.78, 5) is 10.8. The third kappa shape index (κ3) is 8.69. The van der Waals surface area contributed by atoms with Crippen molar-refractivity contribution < 1.29 is 28.5 Å². The summed E-state index contributed by atoms with van der Waals surface area (Å²) >= 11 is 0. The molecule has 0 N–H and O–H groups in total. The lowest BCUT2D eigenvalue weighted by atomic mass is 9.77. The van der Waals surface area contributed by atoms with E-state index in [1.165, 1.54) is 56.9 Å². The fourth-order valence-electron chi connectivity index (χ4n) is 4.40. The van der Waals surface area contributed by atoms with Crippen LogP contribution in [0.4, 0.5) is 4.79 Å². The number of hydrogen-bond donors (Lipinski definition) is 0. The standard InChI is InChI=1S/C25H38O6/c1-2-3-4-5-20-6-8-21(9-7-20)22-10-12-23(13-11-22)29-17-16-27-14-15-28-18-24-19-30-25(26)31-24/h10-13,20-21,24H,2-9,14-19H2,1H3. The van der Waals surface area contributed by atoms with Gasteiger partial charge in [0, 0.05) is 0 Å². The van der Waals surface area contributed by atoms with E-state index in [9.17, 15) is 4.79 Å². The van der Waals surface area contributed by atoms with Crippen LogP contribution in [0.3, 0.4) is 0 Å². The fourth-order valence-corrected chi connectivity index (χ4v) is 4.40. The van der Waals surface area contributed by atoms with E-state index in [1.54, 1.807) is 0 Å². The second kappa shape index (κ2) is 13.6. The Hall–Kier alpha value is -1.79. The predicted octanol–water partition coefficient (Wildman–Crippen LogP) is 5.49. The van der Waals surface area contributed by atoms with Gasteiger partial charge in [-0.25, -0.2) is 4.79 Å². The van der Waals surface area contributed by atoms with Crippen molar-refractivity contribution in [2.24, 2.45) is 5.92 Å². The molecule has 1 aromatic carbocycles. The highest BCUT2D eigenvalue weighted by atomic mass is 16.8. The maximum absolute atomic E-state index is 10.8. The minimum Gasteiger partial charge on any atom is -0.491 e. The van der Waals surface area contributed by atoms with E-state index in [0.717, 1.165) is 11.7 Å². The van der Waals surface area contributed by atoms with Crippen LogP contribution in [-0.2, 0) is 18.9 Å². The van der Waals surface area contributed by atoms with Crippen LogP contribution in [0, 0.1) is 5.92 Å². The van der Waals surface area contributed by atoms with Crippen molar-refractivity contribution in [2.75, 3.05) is 39.6 Å². The van der Waals surface area contributed by atoms with Gasteiger partial charge in [0.2, 0.25) is 0 Å². The minimum absolute atomic E-state index is 0.257. The van der Waals surface area contributed by atoms with E-state index in [1.807, 2.05) is 0 Å². The van der Waals surface area contributed by atoms with Crippen LogP contribution in [0.15, 0.2) is 24.3 Å². The van der Waals surface area contributed by atoms with Crippen LogP contribution in [-0.4, -0.2) is 51.9 Å². The molecule has 1 aliphatic carbocycles. The summed E-state index contributed by atoms with van der Waals surface area (Å²) in [7, 11) is 0. The first-order valence-electron chi connectivity index (χ1n) is 12.0. The van der Waals surface area contributed by atoms with Gasteiger partial charge in [0.1, 0.15) is 19.0 Å². The Labute approximate surface area is 186 Å². The van der Waals surface area contributed by atoms with Crippen molar-refractivity contribution in [3.8, 4) is 5.75 Å². The molecule has 1 unspecified atom stereocenters.